The van der Waals surface area contributed by atoms with Gasteiger partial charge in [-0.25, -0.2) is 8.42 Å². The summed E-state index contributed by atoms with van der Waals surface area (Å²) in [5, 5.41) is 0. The molecule has 0 amide bonds. The summed E-state index contributed by atoms with van der Waals surface area (Å²) in [4.78, 5) is 11.4. The molecular formula is C13H14O4S. The van der Waals surface area contributed by atoms with Crippen molar-refractivity contribution in [3.8, 4) is 0 Å². The highest BCUT2D eigenvalue weighted by Gasteiger charge is 2.28. The van der Waals surface area contributed by atoms with Crippen LogP contribution in [0.25, 0.3) is 0 Å². The number of esters is 1. The van der Waals surface area contributed by atoms with Gasteiger partial charge in [0.1, 0.15) is 6.10 Å². The number of sulfone groups is 1. The smallest absolute Gasteiger partial charge is 0.303 e. The van der Waals surface area contributed by atoms with Gasteiger partial charge in [-0.3, -0.25) is 4.79 Å². The Morgan fingerprint density at radius 2 is 1.94 bits per heavy atom. The molecule has 0 saturated carbocycles. The van der Waals surface area contributed by atoms with Gasteiger partial charge >= 0.3 is 5.97 Å². The number of hydrogen-bond donors (Lipinski definition) is 0. The van der Waals surface area contributed by atoms with Crippen LogP contribution in [0.2, 0.25) is 0 Å². The average molecular weight is 266 g/mol. The van der Waals surface area contributed by atoms with E-state index in [0.29, 0.717) is 17.7 Å². The van der Waals surface area contributed by atoms with Crippen LogP contribution >= 0.6 is 0 Å². The molecule has 0 heterocycles. The van der Waals surface area contributed by atoms with Gasteiger partial charge in [0.2, 0.25) is 9.84 Å². The molecule has 96 valence electrons. The SMILES string of the molecule is CC(=O)OC1C=C(S(=O)(=O)c2ccccc2)CC1. The van der Waals surface area contributed by atoms with Crippen LogP contribution in [-0.2, 0) is 19.4 Å². The van der Waals surface area contributed by atoms with Crippen LogP contribution in [0.1, 0.15) is 19.8 Å². The first-order valence-electron chi connectivity index (χ1n) is 5.68. The summed E-state index contributed by atoms with van der Waals surface area (Å²) in [6.45, 7) is 1.32. The first-order valence-corrected chi connectivity index (χ1v) is 7.16. The van der Waals surface area contributed by atoms with Gasteiger partial charge in [-0.05, 0) is 31.1 Å². The van der Waals surface area contributed by atoms with Crippen molar-refractivity contribution >= 4 is 15.8 Å². The summed E-state index contributed by atoms with van der Waals surface area (Å²) in [6.07, 6.45) is 2.05. The molecule has 1 aromatic carbocycles. The fraction of sp³-hybridized carbons (Fsp3) is 0.308. The Kier molecular flexibility index (Phi) is 3.52. The Morgan fingerprint density at radius 1 is 1.28 bits per heavy atom. The Balaban J connectivity index is 2.25. The molecular weight excluding hydrogens is 252 g/mol. The zero-order valence-electron chi connectivity index (χ0n) is 10.00. The normalized spacial score (nSPS) is 19.4. The largest absolute Gasteiger partial charge is 0.458 e. The molecule has 0 aliphatic heterocycles. The van der Waals surface area contributed by atoms with Crippen LogP contribution in [0.5, 0.6) is 0 Å². The molecule has 1 unspecified atom stereocenters. The summed E-state index contributed by atoms with van der Waals surface area (Å²) in [5.74, 6) is -0.394. The van der Waals surface area contributed by atoms with Crippen molar-refractivity contribution in [3.05, 3.63) is 41.3 Å². The summed E-state index contributed by atoms with van der Waals surface area (Å²) >= 11 is 0. The third kappa shape index (κ3) is 2.61. The lowest BCUT2D eigenvalue weighted by Gasteiger charge is -2.05. The monoisotopic (exact) mass is 266 g/mol. The highest BCUT2D eigenvalue weighted by molar-refractivity contribution is 7.95. The van der Waals surface area contributed by atoms with Gasteiger partial charge in [0.25, 0.3) is 0 Å². The van der Waals surface area contributed by atoms with Gasteiger partial charge < -0.3 is 4.74 Å². The van der Waals surface area contributed by atoms with E-state index in [1.165, 1.54) is 13.0 Å². The van der Waals surface area contributed by atoms with Gasteiger partial charge in [0, 0.05) is 11.8 Å². The molecule has 1 aliphatic carbocycles. The molecule has 0 aromatic heterocycles. The lowest BCUT2D eigenvalue weighted by Crippen LogP contribution is -2.10. The van der Waals surface area contributed by atoms with E-state index in [1.54, 1.807) is 30.3 Å². The molecule has 0 fully saturated rings. The molecule has 18 heavy (non-hydrogen) atoms. The van der Waals surface area contributed by atoms with E-state index in [9.17, 15) is 13.2 Å². The van der Waals surface area contributed by atoms with Gasteiger partial charge in [-0.2, -0.15) is 0 Å². The molecule has 0 radical (unpaired) electrons. The van der Waals surface area contributed by atoms with Crippen LogP contribution in [-0.4, -0.2) is 20.5 Å². The second-order valence-electron chi connectivity index (χ2n) is 4.14. The first kappa shape index (κ1) is 12.8. The topological polar surface area (TPSA) is 60.4 Å². The minimum absolute atomic E-state index is 0.278. The Morgan fingerprint density at radius 3 is 2.56 bits per heavy atom. The molecule has 0 bridgehead atoms. The first-order chi connectivity index (χ1) is 8.50. The van der Waals surface area contributed by atoms with E-state index >= 15 is 0 Å². The van der Waals surface area contributed by atoms with E-state index < -0.39 is 21.9 Å². The molecule has 4 nitrogen and oxygen atoms in total. The van der Waals surface area contributed by atoms with Crippen molar-refractivity contribution in [2.24, 2.45) is 0 Å². The van der Waals surface area contributed by atoms with Gasteiger partial charge in [0.05, 0.1) is 4.90 Å². The molecule has 2 rings (SSSR count). The Bertz CT molecular complexity index is 572. The zero-order chi connectivity index (χ0) is 13.2. The van der Waals surface area contributed by atoms with Crippen molar-refractivity contribution in [2.45, 2.75) is 30.8 Å². The second-order valence-corrected chi connectivity index (χ2v) is 6.14. The summed E-state index contributed by atoms with van der Waals surface area (Å²) in [5.41, 5.74) is 0. The molecule has 5 heteroatoms. The van der Waals surface area contributed by atoms with Crippen molar-refractivity contribution < 1.29 is 17.9 Å². The predicted molar refractivity (Wildman–Crippen MR) is 66.5 cm³/mol. The van der Waals surface area contributed by atoms with Crippen molar-refractivity contribution in [1.82, 2.24) is 0 Å². The summed E-state index contributed by atoms with van der Waals surface area (Å²) in [7, 11) is -3.44. The third-order valence-corrected chi connectivity index (χ3v) is 4.69. The fourth-order valence-corrected chi connectivity index (χ4v) is 3.48. The number of rotatable bonds is 3. The van der Waals surface area contributed by atoms with E-state index in [0.717, 1.165) is 0 Å². The summed E-state index contributed by atoms with van der Waals surface area (Å²) in [6, 6.07) is 8.27. The van der Waals surface area contributed by atoms with Gasteiger partial charge in [-0.1, -0.05) is 18.2 Å². The molecule has 0 spiro atoms. The van der Waals surface area contributed by atoms with Gasteiger partial charge in [-0.15, -0.1) is 0 Å². The number of allylic oxidation sites excluding steroid dienone is 1. The van der Waals surface area contributed by atoms with Crippen LogP contribution in [0.15, 0.2) is 46.2 Å². The minimum atomic E-state index is -3.44. The number of ether oxygens (including phenoxy) is 1. The van der Waals surface area contributed by atoms with Crippen LogP contribution in [0.3, 0.4) is 0 Å². The number of carbonyl (C=O) groups is 1. The van der Waals surface area contributed by atoms with Crippen molar-refractivity contribution in [2.75, 3.05) is 0 Å². The van der Waals surface area contributed by atoms with Crippen LogP contribution in [0.4, 0.5) is 0 Å². The molecule has 0 saturated heterocycles. The molecule has 1 atom stereocenters. The van der Waals surface area contributed by atoms with Crippen molar-refractivity contribution in [3.63, 3.8) is 0 Å². The second kappa shape index (κ2) is 4.94. The van der Waals surface area contributed by atoms with E-state index in [1.807, 2.05) is 0 Å². The Labute approximate surface area is 106 Å². The number of benzene rings is 1. The van der Waals surface area contributed by atoms with Gasteiger partial charge in [0.15, 0.2) is 0 Å². The average Bonchev–Trinajstić information content (AvgIpc) is 2.78. The lowest BCUT2D eigenvalue weighted by molar-refractivity contribution is -0.144. The maximum Gasteiger partial charge on any atom is 0.303 e. The quantitative estimate of drug-likeness (QED) is 0.786. The third-order valence-electron chi connectivity index (χ3n) is 2.76. The predicted octanol–water partition coefficient (Wildman–Crippen LogP) is 2.07. The Hall–Kier alpha value is -1.62. The molecule has 1 aliphatic rings. The fourth-order valence-electron chi connectivity index (χ4n) is 1.94. The standard InChI is InChI=1S/C13H14O4S/c1-10(14)17-11-7-8-13(9-11)18(15,16)12-5-3-2-4-6-12/h2-6,9,11H,7-8H2,1H3. The highest BCUT2D eigenvalue weighted by Crippen LogP contribution is 2.30. The minimum Gasteiger partial charge on any atom is -0.458 e. The summed E-state index contributed by atoms with van der Waals surface area (Å²) < 4.78 is 29.5. The molecule has 1 aromatic rings. The zero-order valence-corrected chi connectivity index (χ0v) is 10.8. The van der Waals surface area contributed by atoms with E-state index in [2.05, 4.69) is 0 Å². The molecule has 0 N–H and O–H groups in total. The van der Waals surface area contributed by atoms with Crippen LogP contribution in [0, 0.1) is 0 Å². The van der Waals surface area contributed by atoms with E-state index in [4.69, 9.17) is 4.74 Å². The highest BCUT2D eigenvalue weighted by atomic mass is 32.2. The van der Waals surface area contributed by atoms with Crippen LogP contribution < -0.4 is 0 Å². The number of hydrogen-bond acceptors (Lipinski definition) is 4. The lowest BCUT2D eigenvalue weighted by atomic mass is 10.3. The number of carbonyl (C=O) groups excluding carboxylic acids is 1. The van der Waals surface area contributed by atoms with E-state index in [-0.39, 0.29) is 4.90 Å². The maximum atomic E-state index is 12.3. The van der Waals surface area contributed by atoms with Crippen molar-refractivity contribution in [1.29, 1.82) is 0 Å². The maximum absolute atomic E-state index is 12.3.